The molecule has 2 aromatic rings. The highest BCUT2D eigenvalue weighted by Crippen LogP contribution is 2.37. The average Bonchev–Trinajstić information content (AvgIpc) is 2.80. The van der Waals surface area contributed by atoms with Gasteiger partial charge in [-0.1, -0.05) is 13.8 Å². The van der Waals surface area contributed by atoms with Crippen LogP contribution in [0.2, 0.25) is 0 Å². The van der Waals surface area contributed by atoms with Crippen LogP contribution in [0.1, 0.15) is 25.3 Å². The Morgan fingerprint density at radius 3 is 2.32 bits per heavy atom. The lowest BCUT2D eigenvalue weighted by Gasteiger charge is -2.18. The minimum Gasteiger partial charge on any atom is -0.493 e. The molecule has 1 aromatic carbocycles. The fourth-order valence-electron chi connectivity index (χ4n) is 2.54. The van der Waals surface area contributed by atoms with E-state index in [1.54, 1.807) is 14.2 Å². The molecule has 1 unspecified atom stereocenters. The van der Waals surface area contributed by atoms with Gasteiger partial charge in [-0.2, -0.15) is 0 Å². The van der Waals surface area contributed by atoms with Crippen molar-refractivity contribution in [3.63, 3.8) is 0 Å². The molecule has 19 heavy (non-hydrogen) atoms. The number of hydrogen-bond donors (Lipinski definition) is 2. The van der Waals surface area contributed by atoms with Gasteiger partial charge >= 0.3 is 0 Å². The Kier molecular flexibility index (Phi) is 4.00. The maximum Gasteiger partial charge on any atom is 0.162 e. The van der Waals surface area contributed by atoms with E-state index in [-0.39, 0.29) is 0 Å². The second kappa shape index (κ2) is 5.53. The summed E-state index contributed by atoms with van der Waals surface area (Å²) in [6.45, 7) is 5.02. The van der Waals surface area contributed by atoms with E-state index in [0.717, 1.165) is 22.4 Å². The molecule has 4 heteroatoms. The summed E-state index contributed by atoms with van der Waals surface area (Å²) >= 11 is 0. The predicted octanol–water partition coefficient (Wildman–Crippen LogP) is 2.88. The lowest BCUT2D eigenvalue weighted by Crippen LogP contribution is -2.17. The van der Waals surface area contributed by atoms with Crippen LogP contribution < -0.4 is 15.2 Å². The Morgan fingerprint density at radius 2 is 1.79 bits per heavy atom. The van der Waals surface area contributed by atoms with Gasteiger partial charge in [0.1, 0.15) is 0 Å². The Hall–Kier alpha value is -1.68. The van der Waals surface area contributed by atoms with Crippen LogP contribution in [-0.2, 0) is 0 Å². The molecule has 2 rings (SSSR count). The first-order valence-electron chi connectivity index (χ1n) is 6.55. The van der Waals surface area contributed by atoms with Crippen LogP contribution in [0.25, 0.3) is 10.9 Å². The van der Waals surface area contributed by atoms with Gasteiger partial charge in [-0.3, -0.25) is 0 Å². The minimum absolute atomic E-state index is 0.340. The van der Waals surface area contributed by atoms with Crippen LogP contribution in [0.4, 0.5) is 0 Å². The first kappa shape index (κ1) is 13.7. The summed E-state index contributed by atoms with van der Waals surface area (Å²) < 4.78 is 10.7. The molecule has 3 N–H and O–H groups in total. The van der Waals surface area contributed by atoms with Gasteiger partial charge in [0.2, 0.25) is 0 Å². The number of rotatable bonds is 5. The first-order chi connectivity index (χ1) is 9.12. The minimum atomic E-state index is 0.340. The van der Waals surface area contributed by atoms with Gasteiger partial charge in [0.15, 0.2) is 11.5 Å². The van der Waals surface area contributed by atoms with Crippen molar-refractivity contribution in [1.29, 1.82) is 0 Å². The Morgan fingerprint density at radius 1 is 1.16 bits per heavy atom. The highest BCUT2D eigenvalue weighted by Gasteiger charge is 2.19. The van der Waals surface area contributed by atoms with Gasteiger partial charge < -0.3 is 20.2 Å². The molecule has 1 heterocycles. The summed E-state index contributed by atoms with van der Waals surface area (Å²) in [5.41, 5.74) is 8.20. The van der Waals surface area contributed by atoms with Crippen molar-refractivity contribution in [1.82, 2.24) is 4.98 Å². The number of nitrogens with one attached hydrogen (secondary N) is 1. The molecule has 104 valence electrons. The van der Waals surface area contributed by atoms with Gasteiger partial charge in [-0.05, 0) is 24.1 Å². The van der Waals surface area contributed by atoms with Crippen LogP contribution in [-0.4, -0.2) is 25.7 Å². The van der Waals surface area contributed by atoms with Gasteiger partial charge in [-0.15, -0.1) is 0 Å². The number of H-pyrrole nitrogens is 1. The summed E-state index contributed by atoms with van der Waals surface area (Å²) in [6.07, 6.45) is 2.04. The van der Waals surface area contributed by atoms with Crippen LogP contribution in [0.15, 0.2) is 18.3 Å². The van der Waals surface area contributed by atoms with Crippen molar-refractivity contribution < 1.29 is 9.47 Å². The smallest absolute Gasteiger partial charge is 0.162 e. The first-order valence-corrected chi connectivity index (χ1v) is 6.55. The van der Waals surface area contributed by atoms with E-state index in [1.807, 2.05) is 18.3 Å². The third-order valence-corrected chi connectivity index (χ3v) is 3.68. The maximum absolute atomic E-state index is 5.91. The normalized spacial score (nSPS) is 12.9. The van der Waals surface area contributed by atoms with E-state index in [1.165, 1.54) is 5.56 Å². The standard InChI is InChI=1S/C15H22N2O2/c1-9(2)11(7-16)12-8-17-13-6-15(19-4)14(18-3)5-10(12)13/h5-6,8-9,11,17H,7,16H2,1-4H3. The number of ether oxygens (including phenoxy) is 2. The van der Waals surface area contributed by atoms with E-state index in [9.17, 15) is 0 Å². The molecule has 0 fully saturated rings. The zero-order valence-electron chi connectivity index (χ0n) is 12.0. The molecule has 0 radical (unpaired) electrons. The van der Waals surface area contributed by atoms with Crippen LogP contribution in [0, 0.1) is 5.92 Å². The number of benzene rings is 1. The Labute approximate surface area is 113 Å². The number of aromatic amines is 1. The number of nitrogens with two attached hydrogens (primary N) is 1. The van der Waals surface area contributed by atoms with E-state index < -0.39 is 0 Å². The molecule has 0 amide bonds. The van der Waals surface area contributed by atoms with Crippen molar-refractivity contribution in [2.45, 2.75) is 19.8 Å². The Bertz CT molecular complexity index is 561. The molecule has 0 aliphatic carbocycles. The summed E-state index contributed by atoms with van der Waals surface area (Å²) in [6, 6.07) is 3.98. The SMILES string of the molecule is COc1cc2[nH]cc(C(CN)C(C)C)c2cc1OC. The summed E-state index contributed by atoms with van der Waals surface area (Å²) in [5.74, 6) is 2.32. The molecular formula is C15H22N2O2. The van der Waals surface area contributed by atoms with Gasteiger partial charge in [0.25, 0.3) is 0 Å². The van der Waals surface area contributed by atoms with Crippen molar-refractivity contribution in [3.05, 3.63) is 23.9 Å². The van der Waals surface area contributed by atoms with E-state index in [2.05, 4.69) is 18.8 Å². The molecular weight excluding hydrogens is 240 g/mol. The van der Waals surface area contributed by atoms with Gasteiger partial charge in [-0.25, -0.2) is 0 Å². The summed E-state index contributed by atoms with van der Waals surface area (Å²) in [4.78, 5) is 3.29. The van der Waals surface area contributed by atoms with Gasteiger partial charge in [0.05, 0.1) is 14.2 Å². The second-order valence-corrected chi connectivity index (χ2v) is 5.08. The molecule has 0 saturated heterocycles. The van der Waals surface area contributed by atoms with E-state index >= 15 is 0 Å². The molecule has 4 nitrogen and oxygen atoms in total. The second-order valence-electron chi connectivity index (χ2n) is 5.08. The van der Waals surface area contributed by atoms with Crippen molar-refractivity contribution >= 4 is 10.9 Å². The molecule has 1 aromatic heterocycles. The van der Waals surface area contributed by atoms with Crippen molar-refractivity contribution in [3.8, 4) is 11.5 Å². The molecule has 1 atom stereocenters. The summed E-state index contributed by atoms with van der Waals surface area (Å²) in [5, 5.41) is 1.15. The van der Waals surface area contributed by atoms with Crippen molar-refractivity contribution in [2.75, 3.05) is 20.8 Å². The predicted molar refractivity (Wildman–Crippen MR) is 78.0 cm³/mol. The van der Waals surface area contributed by atoms with Gasteiger partial charge in [0, 0.05) is 29.1 Å². The average molecular weight is 262 g/mol. The van der Waals surface area contributed by atoms with Crippen LogP contribution in [0.3, 0.4) is 0 Å². The monoisotopic (exact) mass is 262 g/mol. The number of aromatic nitrogens is 1. The molecule has 0 aliphatic rings. The lowest BCUT2D eigenvalue weighted by atomic mass is 9.88. The summed E-state index contributed by atoms with van der Waals surface area (Å²) in [7, 11) is 3.29. The zero-order valence-corrected chi connectivity index (χ0v) is 12.0. The highest BCUT2D eigenvalue weighted by molar-refractivity contribution is 5.87. The maximum atomic E-state index is 5.91. The number of fused-ring (bicyclic) bond motifs is 1. The molecule has 0 bridgehead atoms. The fourth-order valence-corrected chi connectivity index (χ4v) is 2.54. The lowest BCUT2D eigenvalue weighted by molar-refractivity contribution is 0.356. The van der Waals surface area contributed by atoms with Crippen molar-refractivity contribution in [2.24, 2.45) is 11.7 Å². The highest BCUT2D eigenvalue weighted by atomic mass is 16.5. The zero-order chi connectivity index (χ0) is 14.0. The van der Waals surface area contributed by atoms with E-state index in [0.29, 0.717) is 18.4 Å². The largest absolute Gasteiger partial charge is 0.493 e. The molecule has 0 spiro atoms. The van der Waals surface area contributed by atoms with Crippen LogP contribution >= 0.6 is 0 Å². The Balaban J connectivity index is 2.58. The quantitative estimate of drug-likeness (QED) is 0.871. The molecule has 0 saturated carbocycles. The topological polar surface area (TPSA) is 60.3 Å². The number of methoxy groups -OCH3 is 2. The molecule has 0 aliphatic heterocycles. The fraction of sp³-hybridized carbons (Fsp3) is 0.467. The number of hydrogen-bond acceptors (Lipinski definition) is 3. The third kappa shape index (κ3) is 2.40. The third-order valence-electron chi connectivity index (χ3n) is 3.68. The van der Waals surface area contributed by atoms with E-state index in [4.69, 9.17) is 15.2 Å². The van der Waals surface area contributed by atoms with Crippen LogP contribution in [0.5, 0.6) is 11.5 Å².